The Kier molecular flexibility index (Phi) is 4.50. The van der Waals surface area contributed by atoms with Crippen LogP contribution in [0.25, 0.3) is 0 Å². The van der Waals surface area contributed by atoms with Crippen molar-refractivity contribution in [3.63, 3.8) is 0 Å². The van der Waals surface area contributed by atoms with Gasteiger partial charge in [0.25, 0.3) is 0 Å². The van der Waals surface area contributed by atoms with Gasteiger partial charge in [0.2, 0.25) is 5.91 Å². The minimum atomic E-state index is -0.295. The first-order valence-electron chi connectivity index (χ1n) is 7.88. The number of carbonyl (C=O) groups excluding carboxylic acids is 2. The van der Waals surface area contributed by atoms with Crippen molar-refractivity contribution in [2.45, 2.75) is 12.5 Å². The molecule has 3 rings (SSSR count). The fraction of sp³-hybridized carbons (Fsp3) is 0.353. The number of carbonyl (C=O) groups is 2. The number of benzene rings is 1. The lowest BCUT2D eigenvalue weighted by atomic mass is 9.94. The number of anilines is 1. The lowest BCUT2D eigenvalue weighted by molar-refractivity contribution is -0.127. The third kappa shape index (κ3) is 3.40. The first-order chi connectivity index (χ1) is 11.5. The molecule has 1 aliphatic heterocycles. The number of rotatable bonds is 4. The van der Waals surface area contributed by atoms with Gasteiger partial charge in [-0.15, -0.1) is 0 Å². The highest BCUT2D eigenvalue weighted by molar-refractivity contribution is 5.89. The molecule has 1 saturated heterocycles. The van der Waals surface area contributed by atoms with Gasteiger partial charge < -0.3 is 15.5 Å². The largest absolute Gasteiger partial charge is 0.338 e. The number of aryl methyl sites for hydroxylation is 1. The van der Waals surface area contributed by atoms with Gasteiger partial charge in [0, 0.05) is 39.2 Å². The number of urea groups is 1. The van der Waals surface area contributed by atoms with E-state index in [4.69, 9.17) is 0 Å². The van der Waals surface area contributed by atoms with Crippen LogP contribution >= 0.6 is 0 Å². The number of nitrogens with one attached hydrogen (secondary N) is 2. The standard InChI is InChI=1S/C17H21N5O2/c1-21-11-14(10-19-21)20-17(24)18-9-13-8-15(23)22(2)16(13)12-6-4-3-5-7-12/h3-7,10-11,13,16H,8-9H2,1-2H3,(H2,18,20,24)/t13-,16-/m1/s1. The normalized spacial score (nSPS) is 20.2. The van der Waals surface area contributed by atoms with Crippen molar-refractivity contribution in [2.75, 3.05) is 18.9 Å². The van der Waals surface area contributed by atoms with Crippen LogP contribution in [0.3, 0.4) is 0 Å². The third-order valence-electron chi connectivity index (χ3n) is 4.32. The summed E-state index contributed by atoms with van der Waals surface area (Å²) in [5, 5.41) is 9.59. The molecule has 2 heterocycles. The fourth-order valence-electron chi connectivity index (χ4n) is 3.17. The molecule has 0 unspecified atom stereocenters. The topological polar surface area (TPSA) is 79.3 Å². The van der Waals surface area contributed by atoms with Gasteiger partial charge in [-0.3, -0.25) is 9.48 Å². The van der Waals surface area contributed by atoms with E-state index in [2.05, 4.69) is 15.7 Å². The molecular weight excluding hydrogens is 306 g/mol. The quantitative estimate of drug-likeness (QED) is 0.898. The molecule has 0 saturated carbocycles. The number of aromatic nitrogens is 2. The summed E-state index contributed by atoms with van der Waals surface area (Å²) in [6, 6.07) is 9.60. The van der Waals surface area contributed by atoms with Crippen molar-refractivity contribution < 1.29 is 9.59 Å². The molecule has 0 radical (unpaired) electrons. The molecule has 24 heavy (non-hydrogen) atoms. The van der Waals surface area contributed by atoms with Crippen LogP contribution in [0.15, 0.2) is 42.7 Å². The predicted molar refractivity (Wildman–Crippen MR) is 90.3 cm³/mol. The van der Waals surface area contributed by atoms with Crippen molar-refractivity contribution in [1.82, 2.24) is 20.0 Å². The van der Waals surface area contributed by atoms with E-state index >= 15 is 0 Å². The molecule has 126 valence electrons. The van der Waals surface area contributed by atoms with Crippen molar-refractivity contribution in [2.24, 2.45) is 13.0 Å². The number of hydrogen-bond acceptors (Lipinski definition) is 3. The summed E-state index contributed by atoms with van der Waals surface area (Å²) in [6.07, 6.45) is 3.74. The molecular formula is C17H21N5O2. The molecule has 0 bridgehead atoms. The van der Waals surface area contributed by atoms with Gasteiger partial charge in [0.15, 0.2) is 0 Å². The summed E-state index contributed by atoms with van der Waals surface area (Å²) < 4.78 is 1.62. The van der Waals surface area contributed by atoms with E-state index in [1.165, 1.54) is 0 Å². The molecule has 2 aromatic rings. The van der Waals surface area contributed by atoms with Crippen LogP contribution in [0.1, 0.15) is 18.0 Å². The van der Waals surface area contributed by atoms with Gasteiger partial charge in [0.1, 0.15) is 0 Å². The van der Waals surface area contributed by atoms with E-state index in [1.54, 1.807) is 29.0 Å². The van der Waals surface area contributed by atoms with E-state index in [9.17, 15) is 9.59 Å². The number of nitrogens with zero attached hydrogens (tertiary/aromatic N) is 3. The third-order valence-corrected chi connectivity index (χ3v) is 4.32. The van der Waals surface area contributed by atoms with E-state index in [1.807, 2.05) is 37.4 Å². The number of hydrogen-bond donors (Lipinski definition) is 2. The molecule has 3 amide bonds. The zero-order valence-corrected chi connectivity index (χ0v) is 13.8. The molecule has 1 aliphatic rings. The summed E-state index contributed by atoms with van der Waals surface area (Å²) >= 11 is 0. The van der Waals surface area contributed by atoms with E-state index < -0.39 is 0 Å². The van der Waals surface area contributed by atoms with Crippen molar-refractivity contribution in [3.8, 4) is 0 Å². The molecule has 2 atom stereocenters. The van der Waals surface area contributed by atoms with Crippen molar-refractivity contribution in [1.29, 1.82) is 0 Å². The maximum atomic E-state index is 12.1. The average Bonchev–Trinajstić information content (AvgIpc) is 3.10. The Morgan fingerprint density at radius 3 is 2.71 bits per heavy atom. The Bertz CT molecular complexity index is 728. The Labute approximate surface area is 140 Å². The molecule has 7 nitrogen and oxygen atoms in total. The molecule has 2 N–H and O–H groups in total. The maximum absolute atomic E-state index is 12.1. The Balaban J connectivity index is 1.62. The Morgan fingerprint density at radius 2 is 2.04 bits per heavy atom. The molecule has 1 aromatic carbocycles. The van der Waals surface area contributed by atoms with Crippen LogP contribution in [0.5, 0.6) is 0 Å². The van der Waals surface area contributed by atoms with Gasteiger partial charge >= 0.3 is 6.03 Å². The zero-order chi connectivity index (χ0) is 17.1. The maximum Gasteiger partial charge on any atom is 0.319 e. The highest BCUT2D eigenvalue weighted by atomic mass is 16.2. The molecule has 1 fully saturated rings. The molecule has 0 aliphatic carbocycles. The summed E-state index contributed by atoms with van der Waals surface area (Å²) in [7, 11) is 3.60. The Morgan fingerprint density at radius 1 is 1.29 bits per heavy atom. The second-order valence-electron chi connectivity index (χ2n) is 6.06. The highest BCUT2D eigenvalue weighted by Crippen LogP contribution is 2.36. The number of amides is 3. The summed E-state index contributed by atoms with van der Waals surface area (Å²) in [5.41, 5.74) is 1.72. The highest BCUT2D eigenvalue weighted by Gasteiger charge is 2.38. The lowest BCUT2D eigenvalue weighted by Gasteiger charge is -2.25. The van der Waals surface area contributed by atoms with Crippen LogP contribution in [0.2, 0.25) is 0 Å². The summed E-state index contributed by atoms with van der Waals surface area (Å²) in [4.78, 5) is 25.9. The van der Waals surface area contributed by atoms with Crippen LogP contribution in [0.4, 0.5) is 10.5 Å². The Hall–Kier alpha value is -2.83. The van der Waals surface area contributed by atoms with Gasteiger partial charge in [-0.05, 0) is 5.56 Å². The first kappa shape index (κ1) is 16.0. The smallest absolute Gasteiger partial charge is 0.319 e. The minimum absolute atomic E-state index is 0.0163. The summed E-state index contributed by atoms with van der Waals surface area (Å²) in [6.45, 7) is 0.432. The minimum Gasteiger partial charge on any atom is -0.338 e. The predicted octanol–water partition coefficient (Wildman–Crippen LogP) is 1.76. The second kappa shape index (κ2) is 6.74. The molecule has 7 heteroatoms. The monoisotopic (exact) mass is 327 g/mol. The van der Waals surface area contributed by atoms with Gasteiger partial charge in [-0.25, -0.2) is 4.79 Å². The molecule has 1 aromatic heterocycles. The fourth-order valence-corrected chi connectivity index (χ4v) is 3.17. The van der Waals surface area contributed by atoms with Gasteiger partial charge in [-0.1, -0.05) is 30.3 Å². The van der Waals surface area contributed by atoms with Crippen LogP contribution in [-0.4, -0.2) is 40.2 Å². The van der Waals surface area contributed by atoms with Crippen LogP contribution < -0.4 is 10.6 Å². The first-order valence-corrected chi connectivity index (χ1v) is 7.88. The zero-order valence-electron chi connectivity index (χ0n) is 13.8. The van der Waals surface area contributed by atoms with Crippen LogP contribution in [-0.2, 0) is 11.8 Å². The number of likely N-dealkylation sites (tertiary alicyclic amines) is 1. The van der Waals surface area contributed by atoms with E-state index in [-0.39, 0.29) is 23.9 Å². The van der Waals surface area contributed by atoms with Gasteiger partial charge in [0.05, 0.1) is 17.9 Å². The van der Waals surface area contributed by atoms with Gasteiger partial charge in [-0.2, -0.15) is 5.10 Å². The van der Waals surface area contributed by atoms with Crippen LogP contribution in [0, 0.1) is 5.92 Å². The SMILES string of the molecule is CN1C(=O)C[C@H](CNC(=O)Nc2cnn(C)c2)[C@H]1c1ccccc1. The van der Waals surface area contributed by atoms with E-state index in [0.29, 0.717) is 18.7 Å². The van der Waals surface area contributed by atoms with E-state index in [0.717, 1.165) is 5.56 Å². The van der Waals surface area contributed by atoms with Crippen molar-refractivity contribution in [3.05, 3.63) is 48.3 Å². The average molecular weight is 327 g/mol. The second-order valence-corrected chi connectivity index (χ2v) is 6.06. The van der Waals surface area contributed by atoms with Crippen molar-refractivity contribution >= 4 is 17.6 Å². The molecule has 0 spiro atoms. The summed E-state index contributed by atoms with van der Waals surface area (Å²) in [5.74, 6) is 0.146. The lowest BCUT2D eigenvalue weighted by Crippen LogP contribution is -2.35.